The molecule has 0 radical (unpaired) electrons. The molecule has 2 rings (SSSR count). The van der Waals surface area contributed by atoms with Crippen molar-refractivity contribution in [1.82, 2.24) is 10.6 Å². The van der Waals surface area contributed by atoms with Gasteiger partial charge in [0.2, 0.25) is 5.91 Å². The van der Waals surface area contributed by atoms with Crippen LogP contribution < -0.4 is 10.6 Å². The van der Waals surface area contributed by atoms with Gasteiger partial charge in [0, 0.05) is 5.39 Å². The topological polar surface area (TPSA) is 109 Å². The van der Waals surface area contributed by atoms with Gasteiger partial charge in [0.1, 0.15) is 11.6 Å². The van der Waals surface area contributed by atoms with Crippen molar-refractivity contribution in [3.8, 4) is 0 Å². The predicted octanol–water partition coefficient (Wildman–Crippen LogP) is 1.78. The molecule has 0 unspecified atom stereocenters. The lowest BCUT2D eigenvalue weighted by atomic mass is 10.0. The molecule has 0 saturated heterocycles. The Morgan fingerprint density at radius 2 is 1.92 bits per heavy atom. The van der Waals surface area contributed by atoms with Crippen molar-refractivity contribution in [2.75, 3.05) is 6.54 Å². The van der Waals surface area contributed by atoms with Gasteiger partial charge in [-0.15, -0.1) is 0 Å². The molecule has 128 valence electrons. The SMILES string of the molecule is CC(C)C[C@H](NC(=O)CNC(=O)c1cc2ccccc2o1)C(=O)O. The highest BCUT2D eigenvalue weighted by Gasteiger charge is 2.21. The van der Waals surface area contributed by atoms with E-state index in [-0.39, 0.29) is 18.2 Å². The van der Waals surface area contributed by atoms with E-state index in [1.807, 2.05) is 26.0 Å². The molecular formula is C17H20N2O5. The molecule has 0 spiro atoms. The Morgan fingerprint density at radius 1 is 1.21 bits per heavy atom. The fraction of sp³-hybridized carbons (Fsp3) is 0.353. The number of carboxylic acids is 1. The number of carbonyl (C=O) groups is 3. The van der Waals surface area contributed by atoms with Gasteiger partial charge in [0.25, 0.3) is 5.91 Å². The number of hydrogen-bond acceptors (Lipinski definition) is 4. The maximum absolute atomic E-state index is 12.0. The van der Waals surface area contributed by atoms with Crippen LogP contribution in [0.1, 0.15) is 30.8 Å². The van der Waals surface area contributed by atoms with E-state index in [9.17, 15) is 14.4 Å². The number of hydrogen-bond donors (Lipinski definition) is 3. The number of nitrogens with one attached hydrogen (secondary N) is 2. The quantitative estimate of drug-likeness (QED) is 0.716. The first kappa shape index (κ1) is 17.5. The first-order valence-corrected chi connectivity index (χ1v) is 7.65. The number of carbonyl (C=O) groups excluding carboxylic acids is 2. The van der Waals surface area contributed by atoms with E-state index < -0.39 is 23.8 Å². The number of benzene rings is 1. The summed E-state index contributed by atoms with van der Waals surface area (Å²) >= 11 is 0. The standard InChI is InChI=1S/C17H20N2O5/c1-10(2)7-12(17(22)23)19-15(20)9-18-16(21)14-8-11-5-3-4-6-13(11)24-14/h3-6,8,10,12H,7,9H2,1-2H3,(H,18,21)(H,19,20)(H,22,23)/t12-/m0/s1. The second-order valence-electron chi connectivity index (χ2n) is 5.92. The van der Waals surface area contributed by atoms with Crippen LogP contribution in [-0.2, 0) is 9.59 Å². The van der Waals surface area contributed by atoms with Gasteiger partial charge >= 0.3 is 5.97 Å². The third kappa shape index (κ3) is 4.58. The van der Waals surface area contributed by atoms with Crippen molar-refractivity contribution in [2.45, 2.75) is 26.3 Å². The van der Waals surface area contributed by atoms with E-state index in [0.29, 0.717) is 12.0 Å². The van der Waals surface area contributed by atoms with Gasteiger partial charge in [-0.3, -0.25) is 9.59 Å². The highest BCUT2D eigenvalue weighted by molar-refractivity contribution is 5.98. The molecule has 0 aliphatic rings. The van der Waals surface area contributed by atoms with Crippen LogP contribution in [0.5, 0.6) is 0 Å². The summed E-state index contributed by atoms with van der Waals surface area (Å²) in [5.74, 6) is -1.97. The maximum atomic E-state index is 12.0. The monoisotopic (exact) mass is 332 g/mol. The van der Waals surface area contributed by atoms with Gasteiger partial charge < -0.3 is 20.2 Å². The van der Waals surface area contributed by atoms with E-state index >= 15 is 0 Å². The largest absolute Gasteiger partial charge is 0.480 e. The minimum absolute atomic E-state index is 0.0981. The van der Waals surface area contributed by atoms with Gasteiger partial charge in [0.05, 0.1) is 6.54 Å². The highest BCUT2D eigenvalue weighted by Crippen LogP contribution is 2.18. The van der Waals surface area contributed by atoms with Crippen LogP contribution in [0.15, 0.2) is 34.7 Å². The molecule has 1 aromatic heterocycles. The average Bonchev–Trinajstić information content (AvgIpc) is 2.95. The smallest absolute Gasteiger partial charge is 0.326 e. The van der Waals surface area contributed by atoms with Crippen LogP contribution in [0.25, 0.3) is 11.0 Å². The first-order chi connectivity index (χ1) is 11.4. The Bertz CT molecular complexity index is 717. The number of carboxylic acid groups (broad SMARTS) is 1. The van der Waals surface area contributed by atoms with E-state index in [1.54, 1.807) is 18.2 Å². The van der Waals surface area contributed by atoms with Crippen LogP contribution in [0.2, 0.25) is 0 Å². The summed E-state index contributed by atoms with van der Waals surface area (Å²) in [4.78, 5) is 35.0. The van der Waals surface area contributed by atoms with Crippen LogP contribution in [0.3, 0.4) is 0 Å². The molecule has 2 amide bonds. The number of fused-ring (bicyclic) bond motifs is 1. The summed E-state index contributed by atoms with van der Waals surface area (Å²) in [6.07, 6.45) is 0.318. The van der Waals surface area contributed by atoms with Crippen LogP contribution >= 0.6 is 0 Å². The fourth-order valence-corrected chi connectivity index (χ4v) is 2.28. The van der Waals surface area contributed by atoms with Crippen LogP contribution in [0, 0.1) is 5.92 Å². The summed E-state index contributed by atoms with van der Waals surface area (Å²) in [6, 6.07) is 7.78. The number of para-hydroxylation sites is 1. The first-order valence-electron chi connectivity index (χ1n) is 7.65. The van der Waals surface area contributed by atoms with E-state index in [2.05, 4.69) is 10.6 Å². The number of furan rings is 1. The van der Waals surface area contributed by atoms with Crippen molar-refractivity contribution in [3.05, 3.63) is 36.1 Å². The zero-order valence-electron chi connectivity index (χ0n) is 13.5. The Hall–Kier alpha value is -2.83. The van der Waals surface area contributed by atoms with Gasteiger partial charge in [0.15, 0.2) is 5.76 Å². The zero-order chi connectivity index (χ0) is 17.7. The van der Waals surface area contributed by atoms with Crippen molar-refractivity contribution in [2.24, 2.45) is 5.92 Å². The van der Waals surface area contributed by atoms with Crippen molar-refractivity contribution in [3.63, 3.8) is 0 Å². The van der Waals surface area contributed by atoms with E-state index in [4.69, 9.17) is 9.52 Å². The van der Waals surface area contributed by atoms with Gasteiger partial charge in [-0.2, -0.15) is 0 Å². The highest BCUT2D eigenvalue weighted by atomic mass is 16.4. The summed E-state index contributed by atoms with van der Waals surface area (Å²) in [6.45, 7) is 3.41. The predicted molar refractivity (Wildman–Crippen MR) is 87.6 cm³/mol. The third-order valence-corrected chi connectivity index (χ3v) is 3.40. The molecule has 1 heterocycles. The molecule has 0 saturated carbocycles. The van der Waals surface area contributed by atoms with Gasteiger partial charge in [-0.1, -0.05) is 32.0 Å². The number of rotatable bonds is 7. The summed E-state index contributed by atoms with van der Waals surface area (Å²) < 4.78 is 5.40. The molecule has 0 aliphatic carbocycles. The fourth-order valence-electron chi connectivity index (χ4n) is 2.28. The molecule has 24 heavy (non-hydrogen) atoms. The Labute approximate surface area is 139 Å². The van der Waals surface area contributed by atoms with Crippen molar-refractivity contribution >= 4 is 28.8 Å². The Morgan fingerprint density at radius 3 is 2.54 bits per heavy atom. The van der Waals surface area contributed by atoms with Gasteiger partial charge in [-0.05, 0) is 24.5 Å². The summed E-state index contributed by atoms with van der Waals surface area (Å²) in [5.41, 5.74) is 0.579. The lowest BCUT2D eigenvalue weighted by Crippen LogP contribution is -2.46. The molecule has 1 aromatic carbocycles. The lowest BCUT2D eigenvalue weighted by Gasteiger charge is -2.16. The molecule has 0 fully saturated rings. The lowest BCUT2D eigenvalue weighted by molar-refractivity contribution is -0.142. The number of aliphatic carboxylic acids is 1. The van der Waals surface area contributed by atoms with Crippen molar-refractivity contribution < 1.29 is 23.9 Å². The second kappa shape index (κ2) is 7.63. The van der Waals surface area contributed by atoms with E-state index in [1.165, 1.54) is 0 Å². The van der Waals surface area contributed by atoms with Gasteiger partial charge in [-0.25, -0.2) is 4.79 Å². The van der Waals surface area contributed by atoms with Crippen LogP contribution in [0.4, 0.5) is 0 Å². The summed E-state index contributed by atoms with van der Waals surface area (Å²) in [5, 5.41) is 14.7. The third-order valence-electron chi connectivity index (χ3n) is 3.40. The minimum atomic E-state index is -1.10. The molecular weight excluding hydrogens is 312 g/mol. The van der Waals surface area contributed by atoms with Crippen LogP contribution in [-0.4, -0.2) is 35.5 Å². The Kier molecular flexibility index (Phi) is 5.57. The second-order valence-corrected chi connectivity index (χ2v) is 5.92. The summed E-state index contributed by atoms with van der Waals surface area (Å²) in [7, 11) is 0. The average molecular weight is 332 g/mol. The number of amides is 2. The molecule has 0 aliphatic heterocycles. The van der Waals surface area contributed by atoms with E-state index in [0.717, 1.165) is 5.39 Å². The molecule has 3 N–H and O–H groups in total. The molecule has 1 atom stereocenters. The Balaban J connectivity index is 1.90. The minimum Gasteiger partial charge on any atom is -0.480 e. The molecule has 7 heteroatoms. The zero-order valence-corrected chi connectivity index (χ0v) is 13.5. The molecule has 7 nitrogen and oxygen atoms in total. The molecule has 2 aromatic rings. The maximum Gasteiger partial charge on any atom is 0.326 e. The van der Waals surface area contributed by atoms with Crippen molar-refractivity contribution in [1.29, 1.82) is 0 Å². The molecule has 0 bridgehead atoms. The normalized spacial score (nSPS) is 12.1.